The maximum absolute atomic E-state index is 11.5. The van der Waals surface area contributed by atoms with Crippen LogP contribution in [0.25, 0.3) is 0 Å². The van der Waals surface area contributed by atoms with Crippen molar-refractivity contribution in [3.63, 3.8) is 0 Å². The van der Waals surface area contributed by atoms with Gasteiger partial charge < -0.3 is 20.1 Å². The van der Waals surface area contributed by atoms with Gasteiger partial charge in [-0.15, -0.1) is 24.0 Å². The fourth-order valence-corrected chi connectivity index (χ4v) is 3.08. The molecule has 2 N–H and O–H groups in total. The first-order chi connectivity index (χ1) is 11.3. The lowest BCUT2D eigenvalue weighted by Crippen LogP contribution is -2.47. The fourth-order valence-electron chi connectivity index (χ4n) is 3.08. The first-order valence-corrected chi connectivity index (χ1v) is 9.01. The maximum Gasteiger partial charge on any atom is 0.310 e. The van der Waals surface area contributed by atoms with Crippen molar-refractivity contribution < 1.29 is 14.3 Å². The normalized spacial score (nSPS) is 22.6. The minimum atomic E-state index is -0.245. The third-order valence-corrected chi connectivity index (χ3v) is 4.30. The zero-order valence-corrected chi connectivity index (χ0v) is 18.9. The summed E-state index contributed by atoms with van der Waals surface area (Å²) in [5.41, 5.74) is 0.127. The SMILES string of the molecule is CCNC(=NCC(C)C(=O)OC)NCC1CCCOC1C(C)(C)C.I. The monoisotopic (exact) mass is 469 g/mol. The number of ether oxygens (including phenoxy) is 2. The molecule has 1 aliphatic heterocycles. The number of halogens is 1. The number of aliphatic imine (C=N–C) groups is 1. The van der Waals surface area contributed by atoms with Gasteiger partial charge in [-0.3, -0.25) is 9.79 Å². The second-order valence-corrected chi connectivity index (χ2v) is 7.58. The molecule has 0 spiro atoms. The van der Waals surface area contributed by atoms with Crippen LogP contribution < -0.4 is 10.6 Å². The van der Waals surface area contributed by atoms with Crippen molar-refractivity contribution in [2.45, 2.75) is 53.6 Å². The fraction of sp³-hybridized carbons (Fsp3) is 0.889. The molecule has 0 aliphatic carbocycles. The number of nitrogens with one attached hydrogen (secondary N) is 2. The number of carbonyl (C=O) groups excluding carboxylic acids is 1. The van der Waals surface area contributed by atoms with Gasteiger partial charge in [-0.2, -0.15) is 0 Å². The molecule has 0 aromatic heterocycles. The average Bonchev–Trinajstić information content (AvgIpc) is 2.55. The molecular weight excluding hydrogens is 433 g/mol. The number of methoxy groups -OCH3 is 1. The zero-order valence-electron chi connectivity index (χ0n) is 16.6. The van der Waals surface area contributed by atoms with E-state index in [4.69, 9.17) is 9.47 Å². The van der Waals surface area contributed by atoms with Crippen molar-refractivity contribution in [3.8, 4) is 0 Å². The second-order valence-electron chi connectivity index (χ2n) is 7.58. The summed E-state index contributed by atoms with van der Waals surface area (Å²) in [6.45, 7) is 13.4. The lowest BCUT2D eigenvalue weighted by Gasteiger charge is -2.40. The molecule has 0 aromatic carbocycles. The van der Waals surface area contributed by atoms with Crippen LogP contribution in [0.4, 0.5) is 0 Å². The number of carbonyl (C=O) groups is 1. The lowest BCUT2D eigenvalue weighted by atomic mass is 9.78. The van der Waals surface area contributed by atoms with Crippen LogP contribution >= 0.6 is 24.0 Å². The number of hydrogen-bond donors (Lipinski definition) is 2. The van der Waals surface area contributed by atoms with Crippen molar-refractivity contribution in [2.75, 3.05) is 33.4 Å². The van der Waals surface area contributed by atoms with E-state index < -0.39 is 0 Å². The molecule has 0 amide bonds. The Labute approximate surface area is 169 Å². The van der Waals surface area contributed by atoms with Gasteiger partial charge in [0, 0.05) is 25.6 Å². The van der Waals surface area contributed by atoms with Gasteiger partial charge in [-0.25, -0.2) is 0 Å². The molecule has 0 radical (unpaired) electrons. The lowest BCUT2D eigenvalue weighted by molar-refractivity contribution is -0.144. The van der Waals surface area contributed by atoms with E-state index in [1.165, 1.54) is 7.11 Å². The Kier molecular flexibility index (Phi) is 11.7. The molecule has 3 unspecified atom stereocenters. The van der Waals surface area contributed by atoms with E-state index in [-0.39, 0.29) is 47.4 Å². The van der Waals surface area contributed by atoms with E-state index in [9.17, 15) is 4.79 Å². The Morgan fingerprint density at radius 1 is 1.36 bits per heavy atom. The van der Waals surface area contributed by atoms with Gasteiger partial charge in [0.15, 0.2) is 5.96 Å². The minimum Gasteiger partial charge on any atom is -0.469 e. The van der Waals surface area contributed by atoms with E-state index >= 15 is 0 Å². The highest BCUT2D eigenvalue weighted by atomic mass is 127. The van der Waals surface area contributed by atoms with Crippen LogP contribution in [-0.2, 0) is 14.3 Å². The Hall–Kier alpha value is -0.570. The predicted octanol–water partition coefficient (Wildman–Crippen LogP) is 2.81. The number of nitrogens with zero attached hydrogens (tertiary/aromatic N) is 1. The van der Waals surface area contributed by atoms with Crippen LogP contribution in [-0.4, -0.2) is 51.4 Å². The third-order valence-electron chi connectivity index (χ3n) is 4.30. The van der Waals surface area contributed by atoms with Crippen molar-refractivity contribution in [3.05, 3.63) is 0 Å². The van der Waals surface area contributed by atoms with E-state index in [1.807, 2.05) is 13.8 Å². The molecular formula is C18H36IN3O3. The summed E-state index contributed by atoms with van der Waals surface area (Å²) in [4.78, 5) is 16.0. The van der Waals surface area contributed by atoms with Gasteiger partial charge in [0.1, 0.15) is 0 Å². The van der Waals surface area contributed by atoms with E-state index in [0.717, 1.165) is 38.5 Å². The molecule has 1 fully saturated rings. The van der Waals surface area contributed by atoms with Crippen LogP contribution in [0.2, 0.25) is 0 Å². The summed E-state index contributed by atoms with van der Waals surface area (Å²) in [6.07, 6.45) is 2.51. The quantitative estimate of drug-likeness (QED) is 0.271. The van der Waals surface area contributed by atoms with Crippen LogP contribution in [0.15, 0.2) is 4.99 Å². The molecule has 6 nitrogen and oxygen atoms in total. The second kappa shape index (κ2) is 11.9. The highest BCUT2D eigenvalue weighted by Gasteiger charge is 2.35. The molecule has 0 bridgehead atoms. The van der Waals surface area contributed by atoms with Crippen molar-refractivity contribution in [2.24, 2.45) is 22.2 Å². The smallest absolute Gasteiger partial charge is 0.310 e. The molecule has 25 heavy (non-hydrogen) atoms. The summed E-state index contributed by atoms with van der Waals surface area (Å²) in [5, 5.41) is 6.65. The molecule has 3 atom stereocenters. The molecule has 1 heterocycles. The van der Waals surface area contributed by atoms with E-state index in [2.05, 4.69) is 36.4 Å². The third kappa shape index (κ3) is 8.57. The van der Waals surface area contributed by atoms with Gasteiger partial charge in [0.25, 0.3) is 0 Å². The van der Waals surface area contributed by atoms with Gasteiger partial charge in [0.05, 0.1) is 25.7 Å². The van der Waals surface area contributed by atoms with Crippen LogP contribution in [0.3, 0.4) is 0 Å². The van der Waals surface area contributed by atoms with Gasteiger partial charge in [-0.1, -0.05) is 27.7 Å². The van der Waals surface area contributed by atoms with Crippen LogP contribution in [0, 0.1) is 17.3 Å². The predicted molar refractivity (Wildman–Crippen MR) is 112 cm³/mol. The molecule has 1 saturated heterocycles. The van der Waals surface area contributed by atoms with Crippen molar-refractivity contribution in [1.82, 2.24) is 10.6 Å². The van der Waals surface area contributed by atoms with Gasteiger partial charge >= 0.3 is 5.97 Å². The van der Waals surface area contributed by atoms with Gasteiger partial charge in [-0.05, 0) is 25.2 Å². The summed E-state index contributed by atoms with van der Waals surface area (Å²) in [6, 6.07) is 0. The van der Waals surface area contributed by atoms with Gasteiger partial charge in [0.2, 0.25) is 0 Å². The molecule has 1 aliphatic rings. The number of rotatable bonds is 6. The zero-order chi connectivity index (χ0) is 18.2. The largest absolute Gasteiger partial charge is 0.469 e. The molecule has 1 rings (SSSR count). The number of guanidine groups is 1. The maximum atomic E-state index is 11.5. The number of esters is 1. The van der Waals surface area contributed by atoms with Crippen molar-refractivity contribution >= 4 is 35.9 Å². The number of hydrogen-bond acceptors (Lipinski definition) is 4. The molecule has 0 aromatic rings. The first-order valence-electron chi connectivity index (χ1n) is 9.01. The molecule has 148 valence electrons. The highest BCUT2D eigenvalue weighted by Crippen LogP contribution is 2.33. The molecule has 0 saturated carbocycles. The van der Waals surface area contributed by atoms with E-state index in [1.54, 1.807) is 0 Å². The summed E-state index contributed by atoms with van der Waals surface area (Å²) < 4.78 is 10.8. The van der Waals surface area contributed by atoms with Crippen LogP contribution in [0.5, 0.6) is 0 Å². The average molecular weight is 469 g/mol. The summed E-state index contributed by atoms with van der Waals surface area (Å²) in [5.74, 6) is 0.723. The Bertz CT molecular complexity index is 424. The standard InChI is InChI=1S/C18H35N3O3.HI/c1-7-19-17(20-11-13(2)16(22)23-6)21-12-14-9-8-10-24-15(14)18(3,4)5;/h13-15H,7-12H2,1-6H3,(H2,19,20,21);1H. The van der Waals surface area contributed by atoms with Crippen LogP contribution in [0.1, 0.15) is 47.5 Å². The highest BCUT2D eigenvalue weighted by molar-refractivity contribution is 14.0. The Morgan fingerprint density at radius 2 is 2.04 bits per heavy atom. The topological polar surface area (TPSA) is 72.0 Å². The minimum absolute atomic E-state index is 0. The Morgan fingerprint density at radius 3 is 2.60 bits per heavy atom. The van der Waals surface area contributed by atoms with Crippen molar-refractivity contribution in [1.29, 1.82) is 0 Å². The van der Waals surface area contributed by atoms with E-state index in [0.29, 0.717) is 12.5 Å². The molecule has 7 heteroatoms. The first kappa shape index (κ1) is 24.4. The Balaban J connectivity index is 0.00000576. The summed E-state index contributed by atoms with van der Waals surface area (Å²) >= 11 is 0. The summed E-state index contributed by atoms with van der Waals surface area (Å²) in [7, 11) is 1.40.